The number of nitrogens with one attached hydrogen (secondary N) is 2. The summed E-state index contributed by atoms with van der Waals surface area (Å²) >= 11 is 0. The van der Waals surface area contributed by atoms with E-state index in [9.17, 15) is 24.0 Å². The second kappa shape index (κ2) is 4.74. The van der Waals surface area contributed by atoms with Crippen molar-refractivity contribution in [2.45, 2.75) is 13.5 Å². The monoisotopic (exact) mass is 291 g/mol. The molecular formula is C11H9N5O5. The molecule has 0 radical (unpaired) electrons. The van der Waals surface area contributed by atoms with E-state index >= 15 is 0 Å². The van der Waals surface area contributed by atoms with Gasteiger partial charge in [-0.2, -0.15) is 0 Å². The number of urea groups is 1. The van der Waals surface area contributed by atoms with Crippen LogP contribution >= 0.6 is 0 Å². The van der Waals surface area contributed by atoms with E-state index in [4.69, 9.17) is 0 Å². The second-order valence-corrected chi connectivity index (χ2v) is 3.98. The van der Waals surface area contributed by atoms with E-state index in [-0.39, 0.29) is 18.7 Å². The fourth-order valence-corrected chi connectivity index (χ4v) is 1.97. The lowest BCUT2D eigenvalue weighted by Gasteiger charge is -2.26. The second-order valence-electron chi connectivity index (χ2n) is 3.98. The van der Waals surface area contributed by atoms with Crippen LogP contribution in [0, 0.1) is 0 Å². The van der Waals surface area contributed by atoms with Gasteiger partial charge in [-0.1, -0.05) is 7.43 Å². The first kappa shape index (κ1) is 14.2. The summed E-state index contributed by atoms with van der Waals surface area (Å²) in [5.41, 5.74) is -0.294. The summed E-state index contributed by atoms with van der Waals surface area (Å²) in [5, 5.41) is 3.63. The first-order chi connectivity index (χ1) is 9.50. The highest BCUT2D eigenvalue weighted by Gasteiger charge is 2.49. The molecule has 10 heteroatoms. The number of carbonyl (C=O) groups excluding carboxylic acids is 5. The highest BCUT2D eigenvalue weighted by atomic mass is 16.2. The van der Waals surface area contributed by atoms with Gasteiger partial charge in [0.25, 0.3) is 23.6 Å². The van der Waals surface area contributed by atoms with Crippen molar-refractivity contribution in [1.29, 1.82) is 0 Å². The van der Waals surface area contributed by atoms with Crippen LogP contribution in [0.4, 0.5) is 4.79 Å². The molecule has 2 aliphatic rings. The Kier molecular flexibility index (Phi) is 3.21. The molecule has 21 heavy (non-hydrogen) atoms. The Morgan fingerprint density at radius 2 is 1.62 bits per heavy atom. The minimum absolute atomic E-state index is 0. The van der Waals surface area contributed by atoms with Crippen LogP contribution in [0.1, 0.15) is 28.3 Å². The number of amides is 6. The van der Waals surface area contributed by atoms with Crippen LogP contribution in [0.15, 0.2) is 12.5 Å². The van der Waals surface area contributed by atoms with Crippen molar-refractivity contribution in [3.05, 3.63) is 23.8 Å². The zero-order valence-electron chi connectivity index (χ0n) is 9.61. The fraction of sp³-hybridized carbons (Fsp3) is 0.182. The predicted molar refractivity (Wildman–Crippen MR) is 64.7 cm³/mol. The molecule has 0 atom stereocenters. The first-order valence-corrected chi connectivity index (χ1v) is 5.34. The Bertz CT molecular complexity index is 645. The molecule has 2 aliphatic heterocycles. The summed E-state index contributed by atoms with van der Waals surface area (Å²) in [4.78, 5) is 66.1. The molecule has 0 saturated carbocycles. The summed E-state index contributed by atoms with van der Waals surface area (Å²) in [6.07, 6.45) is 2.18. The SMILES string of the molecule is C.O=C1NC(=O)C(N2C(=O)c3cncnc3C2=O)C(=O)N1. The molecule has 10 nitrogen and oxygen atoms in total. The molecule has 1 aromatic heterocycles. The number of barbiturate groups is 1. The van der Waals surface area contributed by atoms with Crippen LogP contribution in [-0.2, 0) is 9.59 Å². The summed E-state index contributed by atoms with van der Waals surface area (Å²) < 4.78 is 0. The van der Waals surface area contributed by atoms with E-state index < -0.39 is 35.7 Å². The maximum atomic E-state index is 12.1. The lowest BCUT2D eigenvalue weighted by atomic mass is 10.2. The Morgan fingerprint density at radius 1 is 1.00 bits per heavy atom. The molecule has 1 fully saturated rings. The zero-order chi connectivity index (χ0) is 14.4. The van der Waals surface area contributed by atoms with E-state index in [1.807, 2.05) is 10.6 Å². The van der Waals surface area contributed by atoms with Gasteiger partial charge in [0.05, 0.1) is 5.56 Å². The van der Waals surface area contributed by atoms with Crippen molar-refractivity contribution < 1.29 is 24.0 Å². The van der Waals surface area contributed by atoms with Gasteiger partial charge in [-0.05, 0) is 0 Å². The Balaban J connectivity index is 0.00000161. The van der Waals surface area contributed by atoms with Crippen molar-refractivity contribution >= 4 is 29.7 Å². The topological polar surface area (TPSA) is 138 Å². The normalized spacial score (nSPS) is 18.1. The number of hydrogen-bond acceptors (Lipinski definition) is 7. The molecule has 0 bridgehead atoms. The Morgan fingerprint density at radius 3 is 2.19 bits per heavy atom. The van der Waals surface area contributed by atoms with Crippen LogP contribution in [0.3, 0.4) is 0 Å². The van der Waals surface area contributed by atoms with Crippen LogP contribution < -0.4 is 10.6 Å². The third kappa shape index (κ3) is 1.93. The molecule has 6 amide bonds. The largest absolute Gasteiger partial charge is 0.328 e. The van der Waals surface area contributed by atoms with Gasteiger partial charge in [0.1, 0.15) is 12.0 Å². The summed E-state index contributed by atoms with van der Waals surface area (Å²) in [7, 11) is 0. The third-order valence-corrected chi connectivity index (χ3v) is 2.81. The minimum Gasteiger partial charge on any atom is -0.275 e. The standard InChI is InChI=1S/C10H5N5O5.CH4/c16-6-5(7(17)14-10(20)13-6)15-8(18)3-1-11-2-12-4(3)9(15)19;/h1-2,5H,(H2,13,14,16,17,20);1H4. The number of nitrogens with zero attached hydrogens (tertiary/aromatic N) is 3. The zero-order valence-corrected chi connectivity index (χ0v) is 9.61. The van der Waals surface area contributed by atoms with Gasteiger partial charge in [0.15, 0.2) is 6.04 Å². The highest BCUT2D eigenvalue weighted by molar-refractivity contribution is 6.28. The van der Waals surface area contributed by atoms with E-state index in [1.54, 1.807) is 0 Å². The molecule has 1 aromatic rings. The number of fused-ring (bicyclic) bond motifs is 1. The number of aromatic nitrogens is 2. The van der Waals surface area contributed by atoms with Crippen molar-refractivity contribution in [2.75, 3.05) is 0 Å². The van der Waals surface area contributed by atoms with E-state index in [2.05, 4.69) is 9.97 Å². The molecular weight excluding hydrogens is 282 g/mol. The van der Waals surface area contributed by atoms with E-state index in [0.717, 1.165) is 12.5 Å². The molecule has 1 saturated heterocycles. The van der Waals surface area contributed by atoms with Crippen molar-refractivity contribution in [2.24, 2.45) is 0 Å². The molecule has 0 spiro atoms. The Labute approximate surface area is 117 Å². The van der Waals surface area contributed by atoms with Crippen LogP contribution in [0.2, 0.25) is 0 Å². The highest BCUT2D eigenvalue weighted by Crippen LogP contribution is 2.22. The number of rotatable bonds is 1. The molecule has 2 N–H and O–H groups in total. The molecule has 3 heterocycles. The van der Waals surface area contributed by atoms with Gasteiger partial charge >= 0.3 is 6.03 Å². The predicted octanol–water partition coefficient (Wildman–Crippen LogP) is -1.56. The van der Waals surface area contributed by atoms with E-state index in [1.165, 1.54) is 0 Å². The maximum Gasteiger partial charge on any atom is 0.328 e. The summed E-state index contributed by atoms with van der Waals surface area (Å²) in [6.45, 7) is 0. The Hall–Kier alpha value is -3.17. The third-order valence-electron chi connectivity index (χ3n) is 2.81. The van der Waals surface area contributed by atoms with Gasteiger partial charge in [-0.15, -0.1) is 0 Å². The molecule has 108 valence electrons. The lowest BCUT2D eigenvalue weighted by Crippen LogP contribution is -2.65. The van der Waals surface area contributed by atoms with Crippen molar-refractivity contribution in [3.63, 3.8) is 0 Å². The maximum absolute atomic E-state index is 12.1. The molecule has 0 unspecified atom stereocenters. The summed E-state index contributed by atoms with van der Waals surface area (Å²) in [5.74, 6) is -3.87. The first-order valence-electron chi connectivity index (χ1n) is 5.34. The smallest absolute Gasteiger partial charge is 0.275 e. The molecule has 3 rings (SSSR count). The number of hydrogen-bond donors (Lipinski definition) is 2. The van der Waals surface area contributed by atoms with Crippen LogP contribution in [-0.4, -0.2) is 50.6 Å². The lowest BCUT2D eigenvalue weighted by molar-refractivity contribution is -0.135. The van der Waals surface area contributed by atoms with Crippen molar-refractivity contribution in [1.82, 2.24) is 25.5 Å². The fourth-order valence-electron chi connectivity index (χ4n) is 1.97. The quantitative estimate of drug-likeness (QED) is 0.471. The van der Waals surface area contributed by atoms with Crippen LogP contribution in [0.25, 0.3) is 0 Å². The number of imide groups is 3. The van der Waals surface area contributed by atoms with Gasteiger partial charge in [0.2, 0.25) is 0 Å². The van der Waals surface area contributed by atoms with Gasteiger partial charge in [-0.25, -0.2) is 14.8 Å². The van der Waals surface area contributed by atoms with Crippen LogP contribution in [0.5, 0.6) is 0 Å². The average Bonchev–Trinajstić information content (AvgIpc) is 2.64. The van der Waals surface area contributed by atoms with Crippen molar-refractivity contribution in [3.8, 4) is 0 Å². The minimum atomic E-state index is -1.75. The molecule has 0 aliphatic carbocycles. The molecule has 0 aromatic carbocycles. The average molecular weight is 291 g/mol. The van der Waals surface area contributed by atoms with Gasteiger partial charge in [-0.3, -0.25) is 34.7 Å². The summed E-state index contributed by atoms with van der Waals surface area (Å²) in [6, 6.07) is -2.76. The van der Waals surface area contributed by atoms with Gasteiger partial charge in [0, 0.05) is 6.20 Å². The van der Waals surface area contributed by atoms with E-state index in [0.29, 0.717) is 4.90 Å². The number of carbonyl (C=O) groups is 5. The van der Waals surface area contributed by atoms with Gasteiger partial charge < -0.3 is 0 Å².